The molecule has 1 heterocycles. The molecular weight excluding hydrogens is 250 g/mol. The van der Waals surface area contributed by atoms with Crippen LogP contribution in [0.3, 0.4) is 0 Å². The van der Waals surface area contributed by atoms with Gasteiger partial charge in [0, 0.05) is 22.5 Å². The average Bonchev–Trinajstić information content (AvgIpc) is 2.74. The molecule has 0 amide bonds. The molecule has 2 rings (SSSR count). The minimum absolute atomic E-state index is 0.618. The molecule has 1 aliphatic heterocycles. The van der Waals surface area contributed by atoms with E-state index in [2.05, 4.69) is 33.1 Å². The van der Waals surface area contributed by atoms with Crippen LogP contribution in [0, 0.1) is 11.8 Å². The Morgan fingerprint density at radius 1 is 1.33 bits per heavy atom. The molecule has 2 heteroatoms. The number of nitrogens with one attached hydrogen (secondary N) is 1. The molecule has 0 saturated carbocycles. The molecule has 1 aromatic carbocycles. The van der Waals surface area contributed by atoms with Gasteiger partial charge in [-0.25, -0.2) is 0 Å². The quantitative estimate of drug-likeness (QED) is 0.769. The van der Waals surface area contributed by atoms with Crippen LogP contribution in [0.2, 0.25) is 0 Å². The van der Waals surface area contributed by atoms with Crippen LogP contribution in [0.4, 0.5) is 0 Å². The van der Waals surface area contributed by atoms with Crippen LogP contribution in [-0.2, 0) is 0 Å². The molecule has 0 radical (unpaired) electrons. The predicted molar refractivity (Wildman–Crippen MR) is 66.7 cm³/mol. The van der Waals surface area contributed by atoms with E-state index in [1.165, 1.54) is 12.8 Å². The maximum Gasteiger partial charge on any atom is 0.0247 e. The molecular formula is C13H14BrN. The molecule has 0 aliphatic carbocycles. The van der Waals surface area contributed by atoms with Crippen molar-refractivity contribution in [3.05, 3.63) is 34.3 Å². The van der Waals surface area contributed by atoms with Crippen LogP contribution in [0.25, 0.3) is 0 Å². The summed E-state index contributed by atoms with van der Waals surface area (Å²) < 4.78 is 1.10. The highest BCUT2D eigenvalue weighted by Crippen LogP contribution is 2.10. The molecule has 1 atom stereocenters. The first-order valence-corrected chi connectivity index (χ1v) is 6.12. The Kier molecular flexibility index (Phi) is 3.82. The smallest absolute Gasteiger partial charge is 0.0247 e. The average molecular weight is 264 g/mol. The van der Waals surface area contributed by atoms with E-state index >= 15 is 0 Å². The minimum atomic E-state index is 0.618. The summed E-state index contributed by atoms with van der Waals surface area (Å²) in [6, 6.07) is 8.75. The summed E-state index contributed by atoms with van der Waals surface area (Å²) in [6.45, 7) is 1.16. The lowest BCUT2D eigenvalue weighted by Crippen LogP contribution is -2.20. The van der Waals surface area contributed by atoms with Crippen molar-refractivity contribution in [2.24, 2.45) is 0 Å². The van der Waals surface area contributed by atoms with Gasteiger partial charge in [0.2, 0.25) is 0 Å². The Bertz CT molecular complexity index is 366. The fourth-order valence-corrected chi connectivity index (χ4v) is 2.00. The maximum absolute atomic E-state index is 3.44. The molecule has 78 valence electrons. The summed E-state index contributed by atoms with van der Waals surface area (Å²) in [7, 11) is 0. The summed E-state index contributed by atoms with van der Waals surface area (Å²) in [6.07, 6.45) is 3.54. The Morgan fingerprint density at radius 3 is 2.80 bits per heavy atom. The zero-order chi connectivity index (χ0) is 10.5. The molecule has 1 fully saturated rings. The van der Waals surface area contributed by atoms with E-state index in [4.69, 9.17) is 0 Å². The van der Waals surface area contributed by atoms with Crippen LogP contribution in [-0.4, -0.2) is 12.6 Å². The van der Waals surface area contributed by atoms with Gasteiger partial charge in [0.05, 0.1) is 0 Å². The predicted octanol–water partition coefficient (Wildman–Crippen LogP) is 2.94. The summed E-state index contributed by atoms with van der Waals surface area (Å²) in [4.78, 5) is 0. The van der Waals surface area contributed by atoms with Gasteiger partial charge in [-0.2, -0.15) is 0 Å². The second-order valence-corrected chi connectivity index (χ2v) is 4.72. The zero-order valence-electron chi connectivity index (χ0n) is 8.59. The topological polar surface area (TPSA) is 12.0 Å². The van der Waals surface area contributed by atoms with Gasteiger partial charge >= 0.3 is 0 Å². The number of rotatable bonds is 1. The van der Waals surface area contributed by atoms with Gasteiger partial charge in [0.15, 0.2) is 0 Å². The highest BCUT2D eigenvalue weighted by atomic mass is 79.9. The van der Waals surface area contributed by atoms with E-state index in [1.54, 1.807) is 0 Å². The van der Waals surface area contributed by atoms with Crippen molar-refractivity contribution < 1.29 is 0 Å². The first-order chi connectivity index (χ1) is 7.34. The van der Waals surface area contributed by atoms with Gasteiger partial charge in [-0.1, -0.05) is 27.8 Å². The summed E-state index contributed by atoms with van der Waals surface area (Å²) in [5, 5.41) is 3.44. The van der Waals surface area contributed by atoms with E-state index in [0.717, 1.165) is 23.0 Å². The molecule has 1 nitrogen and oxygen atoms in total. The fraction of sp³-hybridized carbons (Fsp3) is 0.385. The standard InChI is InChI=1S/C13H14BrN/c14-12-8-6-11(7-9-12)3-1-4-13-5-2-10-15-13/h6-9,13,15H,2,4-5,10H2. The molecule has 1 aliphatic rings. The van der Waals surface area contributed by atoms with Crippen LogP contribution in [0.5, 0.6) is 0 Å². The largest absolute Gasteiger partial charge is 0.313 e. The van der Waals surface area contributed by atoms with Crippen LogP contribution in [0.1, 0.15) is 24.8 Å². The molecule has 1 saturated heterocycles. The number of halogens is 1. The highest BCUT2D eigenvalue weighted by molar-refractivity contribution is 9.10. The molecule has 1 unspecified atom stereocenters. The highest BCUT2D eigenvalue weighted by Gasteiger charge is 2.11. The van der Waals surface area contributed by atoms with Crippen molar-refractivity contribution in [3.63, 3.8) is 0 Å². The lowest BCUT2D eigenvalue weighted by Gasteiger charge is -2.02. The van der Waals surface area contributed by atoms with Gasteiger partial charge in [-0.3, -0.25) is 0 Å². The Hall–Kier alpha value is -0.780. The fourth-order valence-electron chi connectivity index (χ4n) is 1.74. The van der Waals surface area contributed by atoms with Crippen molar-refractivity contribution in [2.45, 2.75) is 25.3 Å². The lowest BCUT2D eigenvalue weighted by atomic mass is 10.1. The van der Waals surface area contributed by atoms with Crippen LogP contribution < -0.4 is 5.32 Å². The second-order valence-electron chi connectivity index (χ2n) is 3.81. The third-order valence-electron chi connectivity index (χ3n) is 2.59. The summed E-state index contributed by atoms with van der Waals surface area (Å²) in [5.74, 6) is 6.42. The third-order valence-corrected chi connectivity index (χ3v) is 3.12. The van der Waals surface area contributed by atoms with Crippen LogP contribution >= 0.6 is 15.9 Å². The van der Waals surface area contributed by atoms with E-state index in [9.17, 15) is 0 Å². The van der Waals surface area contributed by atoms with E-state index < -0.39 is 0 Å². The first-order valence-electron chi connectivity index (χ1n) is 5.32. The van der Waals surface area contributed by atoms with Crippen molar-refractivity contribution in [1.29, 1.82) is 0 Å². The van der Waals surface area contributed by atoms with Crippen LogP contribution in [0.15, 0.2) is 28.7 Å². The number of benzene rings is 1. The van der Waals surface area contributed by atoms with Crippen molar-refractivity contribution in [1.82, 2.24) is 5.32 Å². The van der Waals surface area contributed by atoms with Gasteiger partial charge in [-0.15, -0.1) is 0 Å². The SMILES string of the molecule is Brc1ccc(C#CCC2CCCN2)cc1. The molecule has 0 spiro atoms. The van der Waals surface area contributed by atoms with Gasteiger partial charge in [0.1, 0.15) is 0 Å². The van der Waals surface area contributed by atoms with E-state index in [0.29, 0.717) is 6.04 Å². The number of hydrogen-bond donors (Lipinski definition) is 1. The maximum atomic E-state index is 3.44. The third kappa shape index (κ3) is 3.37. The minimum Gasteiger partial charge on any atom is -0.313 e. The monoisotopic (exact) mass is 263 g/mol. The van der Waals surface area contributed by atoms with Crippen molar-refractivity contribution >= 4 is 15.9 Å². The van der Waals surface area contributed by atoms with Gasteiger partial charge < -0.3 is 5.32 Å². The van der Waals surface area contributed by atoms with Gasteiger partial charge in [-0.05, 0) is 43.7 Å². The number of hydrogen-bond acceptors (Lipinski definition) is 1. The van der Waals surface area contributed by atoms with Crippen molar-refractivity contribution in [2.75, 3.05) is 6.54 Å². The molecule has 1 N–H and O–H groups in total. The Morgan fingerprint density at radius 2 is 2.13 bits per heavy atom. The summed E-state index contributed by atoms with van der Waals surface area (Å²) >= 11 is 3.41. The molecule has 0 bridgehead atoms. The Balaban J connectivity index is 1.90. The zero-order valence-corrected chi connectivity index (χ0v) is 10.2. The lowest BCUT2D eigenvalue weighted by molar-refractivity contribution is 0.623. The molecule has 15 heavy (non-hydrogen) atoms. The Labute approximate surface area is 99.4 Å². The second kappa shape index (κ2) is 5.34. The van der Waals surface area contributed by atoms with E-state index in [1.807, 2.05) is 24.3 Å². The van der Waals surface area contributed by atoms with Gasteiger partial charge in [0.25, 0.3) is 0 Å². The van der Waals surface area contributed by atoms with E-state index in [-0.39, 0.29) is 0 Å². The normalized spacial score (nSPS) is 19.7. The summed E-state index contributed by atoms with van der Waals surface area (Å²) in [5.41, 5.74) is 1.09. The first kappa shape index (κ1) is 10.7. The van der Waals surface area contributed by atoms with Crippen molar-refractivity contribution in [3.8, 4) is 11.8 Å². The molecule has 1 aromatic rings. The molecule has 0 aromatic heterocycles.